The average molecular weight is 341 g/mol. The van der Waals surface area contributed by atoms with Crippen molar-refractivity contribution in [3.05, 3.63) is 63.9 Å². The first-order valence-electron chi connectivity index (χ1n) is 6.74. The minimum Gasteiger partial charge on any atom is -0.376 e. The lowest BCUT2D eigenvalue weighted by atomic mass is 10.1. The molecule has 0 spiro atoms. The number of hydrogen-bond donors (Lipinski definition) is 2. The summed E-state index contributed by atoms with van der Waals surface area (Å²) in [5.41, 5.74) is 1.49. The van der Waals surface area contributed by atoms with Crippen LogP contribution >= 0.6 is 23.2 Å². The van der Waals surface area contributed by atoms with E-state index >= 15 is 0 Å². The molecule has 2 aromatic rings. The third kappa shape index (κ3) is 5.20. The molecule has 116 valence electrons. The smallest absolute Gasteiger partial charge is 0.239 e. The Labute approximate surface area is 138 Å². The molecule has 0 fully saturated rings. The SMILES string of the molecule is O=C(CNc1cccc(F)c1)NCCc1ccc(Cl)cc1Cl. The van der Waals surface area contributed by atoms with Gasteiger partial charge in [-0.15, -0.1) is 0 Å². The molecule has 6 heteroatoms. The van der Waals surface area contributed by atoms with Crippen LogP contribution in [-0.2, 0) is 11.2 Å². The highest BCUT2D eigenvalue weighted by Gasteiger charge is 2.04. The van der Waals surface area contributed by atoms with Crippen LogP contribution in [0, 0.1) is 5.82 Å². The third-order valence-electron chi connectivity index (χ3n) is 3.01. The van der Waals surface area contributed by atoms with Crippen molar-refractivity contribution in [1.29, 1.82) is 0 Å². The van der Waals surface area contributed by atoms with Crippen LogP contribution in [-0.4, -0.2) is 19.0 Å². The molecule has 0 bridgehead atoms. The third-order valence-corrected chi connectivity index (χ3v) is 3.60. The second-order valence-corrected chi connectivity index (χ2v) is 5.54. The molecular formula is C16H15Cl2FN2O. The van der Waals surface area contributed by atoms with E-state index in [1.54, 1.807) is 24.3 Å². The number of rotatable bonds is 6. The summed E-state index contributed by atoms with van der Waals surface area (Å²) >= 11 is 11.9. The van der Waals surface area contributed by atoms with Crippen molar-refractivity contribution in [2.45, 2.75) is 6.42 Å². The number of amides is 1. The molecule has 0 aromatic heterocycles. The summed E-state index contributed by atoms with van der Waals surface area (Å²) < 4.78 is 13.0. The van der Waals surface area contributed by atoms with Gasteiger partial charge in [-0.2, -0.15) is 0 Å². The van der Waals surface area contributed by atoms with Gasteiger partial charge in [-0.3, -0.25) is 4.79 Å². The van der Waals surface area contributed by atoms with Crippen molar-refractivity contribution in [1.82, 2.24) is 5.32 Å². The molecule has 0 unspecified atom stereocenters. The maximum Gasteiger partial charge on any atom is 0.239 e. The van der Waals surface area contributed by atoms with E-state index < -0.39 is 0 Å². The van der Waals surface area contributed by atoms with E-state index in [0.29, 0.717) is 28.7 Å². The number of hydrogen-bond acceptors (Lipinski definition) is 2. The van der Waals surface area contributed by atoms with E-state index in [9.17, 15) is 9.18 Å². The van der Waals surface area contributed by atoms with Crippen molar-refractivity contribution in [3.63, 3.8) is 0 Å². The maximum absolute atomic E-state index is 13.0. The fourth-order valence-corrected chi connectivity index (χ4v) is 2.41. The van der Waals surface area contributed by atoms with Crippen LogP contribution in [0.3, 0.4) is 0 Å². The first kappa shape index (κ1) is 16.6. The Morgan fingerprint density at radius 2 is 1.95 bits per heavy atom. The van der Waals surface area contributed by atoms with Gasteiger partial charge in [0.05, 0.1) is 6.54 Å². The molecule has 22 heavy (non-hydrogen) atoms. The largest absolute Gasteiger partial charge is 0.376 e. The molecule has 2 aromatic carbocycles. The Kier molecular flexibility index (Phi) is 6.04. The van der Waals surface area contributed by atoms with Gasteiger partial charge in [0, 0.05) is 22.3 Å². The first-order chi connectivity index (χ1) is 10.5. The summed E-state index contributed by atoms with van der Waals surface area (Å²) in [6, 6.07) is 11.2. The van der Waals surface area contributed by atoms with Gasteiger partial charge in [-0.25, -0.2) is 4.39 Å². The minimum atomic E-state index is -0.345. The number of anilines is 1. The summed E-state index contributed by atoms with van der Waals surface area (Å²) in [6.07, 6.45) is 0.613. The van der Waals surface area contributed by atoms with Crippen molar-refractivity contribution in [2.24, 2.45) is 0 Å². The highest BCUT2D eigenvalue weighted by atomic mass is 35.5. The number of benzene rings is 2. The highest BCUT2D eigenvalue weighted by molar-refractivity contribution is 6.35. The lowest BCUT2D eigenvalue weighted by Crippen LogP contribution is -2.31. The zero-order valence-electron chi connectivity index (χ0n) is 11.7. The standard InChI is InChI=1S/C16H15Cl2FN2O/c17-12-5-4-11(15(18)8-12)6-7-20-16(22)10-21-14-3-1-2-13(19)9-14/h1-5,8-9,21H,6-7,10H2,(H,20,22). The van der Waals surface area contributed by atoms with Crippen LogP contribution in [0.5, 0.6) is 0 Å². The lowest BCUT2D eigenvalue weighted by molar-refractivity contribution is -0.119. The summed E-state index contributed by atoms with van der Waals surface area (Å²) in [5, 5.41) is 6.79. The van der Waals surface area contributed by atoms with Gasteiger partial charge in [0.1, 0.15) is 5.82 Å². The first-order valence-corrected chi connectivity index (χ1v) is 7.50. The van der Waals surface area contributed by atoms with Crippen LogP contribution in [0.1, 0.15) is 5.56 Å². The second-order valence-electron chi connectivity index (χ2n) is 4.70. The van der Waals surface area contributed by atoms with Gasteiger partial charge >= 0.3 is 0 Å². The fraction of sp³-hybridized carbons (Fsp3) is 0.188. The molecule has 1 amide bonds. The molecule has 2 rings (SSSR count). The molecule has 2 N–H and O–H groups in total. The normalized spacial score (nSPS) is 10.3. The molecule has 0 aliphatic carbocycles. The van der Waals surface area contributed by atoms with Crippen molar-refractivity contribution >= 4 is 34.8 Å². The Morgan fingerprint density at radius 3 is 2.68 bits per heavy atom. The Bertz CT molecular complexity index is 664. The number of carbonyl (C=O) groups excluding carboxylic acids is 1. The topological polar surface area (TPSA) is 41.1 Å². The Hall–Kier alpha value is -1.78. The minimum absolute atomic E-state index is 0.0812. The highest BCUT2D eigenvalue weighted by Crippen LogP contribution is 2.21. The zero-order valence-corrected chi connectivity index (χ0v) is 13.2. The summed E-state index contributed by atoms with van der Waals surface area (Å²) in [7, 11) is 0. The van der Waals surface area contributed by atoms with Gasteiger partial charge in [0.25, 0.3) is 0 Å². The van der Waals surface area contributed by atoms with E-state index in [4.69, 9.17) is 23.2 Å². The monoisotopic (exact) mass is 340 g/mol. The Morgan fingerprint density at radius 1 is 1.14 bits per heavy atom. The molecule has 0 saturated heterocycles. The quantitative estimate of drug-likeness (QED) is 0.837. The van der Waals surface area contributed by atoms with Crippen LogP contribution in [0.4, 0.5) is 10.1 Å². The van der Waals surface area contributed by atoms with Crippen LogP contribution in [0.15, 0.2) is 42.5 Å². The van der Waals surface area contributed by atoms with Gasteiger partial charge in [-0.05, 0) is 42.3 Å². The Balaban J connectivity index is 1.74. The number of nitrogens with one attached hydrogen (secondary N) is 2. The number of carbonyl (C=O) groups is 1. The van der Waals surface area contributed by atoms with Crippen LogP contribution in [0.2, 0.25) is 10.0 Å². The fourth-order valence-electron chi connectivity index (χ4n) is 1.90. The average Bonchev–Trinajstić information content (AvgIpc) is 2.47. The van der Waals surface area contributed by atoms with E-state index in [1.165, 1.54) is 12.1 Å². The van der Waals surface area contributed by atoms with Crippen LogP contribution in [0.25, 0.3) is 0 Å². The van der Waals surface area contributed by atoms with Crippen LogP contribution < -0.4 is 10.6 Å². The van der Waals surface area contributed by atoms with Gasteiger partial charge in [-0.1, -0.05) is 35.3 Å². The van der Waals surface area contributed by atoms with Gasteiger partial charge in [0.15, 0.2) is 0 Å². The molecule has 0 aliphatic rings. The van der Waals surface area contributed by atoms with E-state index in [2.05, 4.69) is 10.6 Å². The zero-order chi connectivity index (χ0) is 15.9. The van der Waals surface area contributed by atoms with E-state index in [-0.39, 0.29) is 18.3 Å². The van der Waals surface area contributed by atoms with Crippen molar-refractivity contribution < 1.29 is 9.18 Å². The van der Waals surface area contributed by atoms with E-state index in [0.717, 1.165) is 5.56 Å². The molecule has 0 saturated carbocycles. The van der Waals surface area contributed by atoms with Gasteiger partial charge < -0.3 is 10.6 Å². The molecule has 0 heterocycles. The predicted molar refractivity (Wildman–Crippen MR) is 88.1 cm³/mol. The summed E-state index contributed by atoms with van der Waals surface area (Å²) in [6.45, 7) is 0.544. The molecule has 0 aliphatic heterocycles. The maximum atomic E-state index is 13.0. The molecule has 0 radical (unpaired) electrons. The molecular weight excluding hydrogens is 326 g/mol. The lowest BCUT2D eigenvalue weighted by Gasteiger charge is -2.09. The predicted octanol–water partition coefficient (Wildman–Crippen LogP) is 3.90. The second kappa shape index (κ2) is 8.01. The molecule has 3 nitrogen and oxygen atoms in total. The summed E-state index contributed by atoms with van der Waals surface area (Å²) in [5.74, 6) is -0.517. The summed E-state index contributed by atoms with van der Waals surface area (Å²) in [4.78, 5) is 11.7. The van der Waals surface area contributed by atoms with E-state index in [1.807, 2.05) is 6.07 Å². The number of halogens is 3. The van der Waals surface area contributed by atoms with Crippen molar-refractivity contribution in [3.8, 4) is 0 Å². The van der Waals surface area contributed by atoms with Crippen molar-refractivity contribution in [2.75, 3.05) is 18.4 Å². The molecule has 0 atom stereocenters. The van der Waals surface area contributed by atoms with Gasteiger partial charge in [0.2, 0.25) is 5.91 Å².